The average Bonchev–Trinajstić information content (AvgIpc) is 2.66. The summed E-state index contributed by atoms with van der Waals surface area (Å²) in [5.74, 6) is 0.932. The molecule has 1 aliphatic rings. The number of rotatable bonds is 5. The van der Waals surface area contributed by atoms with Crippen LogP contribution in [0.2, 0.25) is 0 Å². The van der Waals surface area contributed by atoms with Gasteiger partial charge in [0.2, 0.25) is 0 Å². The molecule has 16 heavy (non-hydrogen) atoms. The average molecular weight is 221 g/mol. The predicted octanol–water partition coefficient (Wildman–Crippen LogP) is 0.682. The number of nitrogens with zero attached hydrogens (tertiary/aromatic N) is 4. The summed E-state index contributed by atoms with van der Waals surface area (Å²) in [5.41, 5.74) is 7.49. The second kappa shape index (κ2) is 6.17. The van der Waals surface area contributed by atoms with Crippen molar-refractivity contribution in [3.63, 3.8) is 0 Å². The summed E-state index contributed by atoms with van der Waals surface area (Å²) in [6, 6.07) is 0. The van der Waals surface area contributed by atoms with Crippen molar-refractivity contribution in [2.24, 2.45) is 20.7 Å². The van der Waals surface area contributed by atoms with Gasteiger partial charge in [0, 0.05) is 44.6 Å². The van der Waals surface area contributed by atoms with Gasteiger partial charge in [-0.25, -0.2) is 4.99 Å². The smallest absolute Gasteiger partial charge is 0.132 e. The Hall–Kier alpha value is -1.49. The van der Waals surface area contributed by atoms with Gasteiger partial charge in [0.1, 0.15) is 5.82 Å². The van der Waals surface area contributed by atoms with E-state index in [2.05, 4.69) is 26.6 Å². The molecule has 5 heteroatoms. The van der Waals surface area contributed by atoms with Crippen LogP contribution in [0.3, 0.4) is 0 Å². The molecule has 0 radical (unpaired) electrons. The van der Waals surface area contributed by atoms with E-state index in [1.807, 2.05) is 7.05 Å². The zero-order valence-electron chi connectivity index (χ0n) is 9.98. The summed E-state index contributed by atoms with van der Waals surface area (Å²) in [7, 11) is 3.80. The van der Waals surface area contributed by atoms with Gasteiger partial charge >= 0.3 is 0 Å². The fourth-order valence-corrected chi connectivity index (χ4v) is 1.79. The van der Waals surface area contributed by atoms with Crippen molar-refractivity contribution >= 4 is 18.6 Å². The van der Waals surface area contributed by atoms with E-state index >= 15 is 0 Å². The highest BCUT2D eigenvalue weighted by molar-refractivity contribution is 6.07. The van der Waals surface area contributed by atoms with Crippen molar-refractivity contribution < 1.29 is 0 Å². The van der Waals surface area contributed by atoms with Crippen molar-refractivity contribution in [2.45, 2.75) is 12.8 Å². The monoisotopic (exact) mass is 221 g/mol. The van der Waals surface area contributed by atoms with Gasteiger partial charge in [-0.15, -0.1) is 0 Å². The molecule has 0 aromatic carbocycles. The van der Waals surface area contributed by atoms with E-state index in [1.165, 1.54) is 5.57 Å². The third-order valence-electron chi connectivity index (χ3n) is 2.62. The Balaban J connectivity index is 2.84. The number of aliphatic imine (C=N–C) groups is 3. The lowest BCUT2D eigenvalue weighted by Crippen LogP contribution is -2.11. The first-order valence-corrected chi connectivity index (χ1v) is 5.30. The maximum Gasteiger partial charge on any atom is 0.132 e. The van der Waals surface area contributed by atoms with E-state index in [0.717, 1.165) is 24.5 Å². The normalized spacial score (nSPS) is 17.7. The van der Waals surface area contributed by atoms with Gasteiger partial charge in [-0.05, 0) is 13.1 Å². The number of hydrogen-bond donors (Lipinski definition) is 1. The molecular formula is C11H19N5. The molecule has 5 nitrogen and oxygen atoms in total. The van der Waals surface area contributed by atoms with Crippen LogP contribution in [0.25, 0.3) is 0 Å². The standard InChI is InChI=1S/C11H19N5/c1-13-10(4-6-15-8-12)9-5-7-16(3)11(9)14-2/h6H,2,4-5,7-8,12H2,1,3H3. The van der Waals surface area contributed by atoms with E-state index in [0.29, 0.717) is 13.1 Å². The lowest BCUT2D eigenvalue weighted by Gasteiger charge is -2.11. The highest BCUT2D eigenvalue weighted by Gasteiger charge is 2.21. The molecule has 0 aromatic rings. The maximum atomic E-state index is 5.30. The van der Waals surface area contributed by atoms with E-state index in [-0.39, 0.29) is 0 Å². The van der Waals surface area contributed by atoms with E-state index in [1.54, 1.807) is 13.3 Å². The van der Waals surface area contributed by atoms with Crippen LogP contribution in [-0.4, -0.2) is 50.9 Å². The largest absolute Gasteiger partial charge is 0.359 e. The summed E-state index contributed by atoms with van der Waals surface area (Å²) in [5, 5.41) is 0. The van der Waals surface area contributed by atoms with Crippen LogP contribution in [0.15, 0.2) is 26.4 Å². The second-order valence-electron chi connectivity index (χ2n) is 3.55. The van der Waals surface area contributed by atoms with E-state index in [4.69, 9.17) is 5.73 Å². The molecule has 2 N–H and O–H groups in total. The highest BCUT2D eigenvalue weighted by Crippen LogP contribution is 2.23. The lowest BCUT2D eigenvalue weighted by molar-refractivity contribution is 0.456. The Morgan fingerprint density at radius 3 is 2.94 bits per heavy atom. The van der Waals surface area contributed by atoms with Crippen molar-refractivity contribution in [2.75, 3.05) is 27.3 Å². The number of hydrogen-bond acceptors (Lipinski definition) is 5. The second-order valence-corrected chi connectivity index (χ2v) is 3.55. The van der Waals surface area contributed by atoms with Crippen LogP contribution in [0, 0.1) is 0 Å². The Labute approximate surface area is 96.5 Å². The van der Waals surface area contributed by atoms with Gasteiger partial charge in [0.05, 0.1) is 6.67 Å². The molecule has 0 atom stereocenters. The SMILES string of the molecule is C=NC1=C(C(CC=NCN)=NC)CCN1C. The molecule has 88 valence electrons. The van der Waals surface area contributed by atoms with Crippen molar-refractivity contribution in [3.05, 3.63) is 11.4 Å². The van der Waals surface area contributed by atoms with Gasteiger partial charge in [0.15, 0.2) is 0 Å². The molecule has 0 unspecified atom stereocenters. The molecule has 1 rings (SSSR count). The summed E-state index contributed by atoms with van der Waals surface area (Å²) in [4.78, 5) is 14.4. The fraction of sp³-hybridized carbons (Fsp3) is 0.545. The Morgan fingerprint density at radius 1 is 1.62 bits per heavy atom. The third-order valence-corrected chi connectivity index (χ3v) is 2.62. The van der Waals surface area contributed by atoms with Crippen LogP contribution in [0.5, 0.6) is 0 Å². The minimum atomic E-state index is 0.322. The first-order valence-electron chi connectivity index (χ1n) is 5.30. The lowest BCUT2D eigenvalue weighted by atomic mass is 10.1. The molecule has 1 heterocycles. The van der Waals surface area contributed by atoms with E-state index < -0.39 is 0 Å². The highest BCUT2D eigenvalue weighted by atomic mass is 15.2. The summed E-state index contributed by atoms with van der Waals surface area (Å²) in [6.07, 6.45) is 3.47. The molecule has 0 spiro atoms. The molecule has 0 amide bonds. The minimum Gasteiger partial charge on any atom is -0.359 e. The summed E-state index contributed by atoms with van der Waals surface area (Å²) in [6.45, 7) is 4.89. The molecule has 0 saturated heterocycles. The maximum absolute atomic E-state index is 5.30. The molecule has 0 saturated carbocycles. The zero-order valence-corrected chi connectivity index (χ0v) is 9.98. The number of nitrogens with two attached hydrogens (primary N) is 1. The van der Waals surface area contributed by atoms with Crippen LogP contribution < -0.4 is 5.73 Å². The van der Waals surface area contributed by atoms with Crippen molar-refractivity contribution in [1.82, 2.24) is 4.90 Å². The molecule has 0 bridgehead atoms. The molecule has 0 aliphatic carbocycles. The van der Waals surface area contributed by atoms with E-state index in [9.17, 15) is 0 Å². The van der Waals surface area contributed by atoms with Crippen LogP contribution in [0.1, 0.15) is 12.8 Å². The quantitative estimate of drug-likeness (QED) is 0.694. The van der Waals surface area contributed by atoms with Gasteiger partial charge in [0.25, 0.3) is 0 Å². The van der Waals surface area contributed by atoms with Crippen molar-refractivity contribution in [1.29, 1.82) is 0 Å². The fourth-order valence-electron chi connectivity index (χ4n) is 1.79. The van der Waals surface area contributed by atoms with Gasteiger partial charge in [-0.2, -0.15) is 0 Å². The Kier molecular flexibility index (Phi) is 4.85. The molecular weight excluding hydrogens is 202 g/mol. The summed E-state index contributed by atoms with van der Waals surface area (Å²) >= 11 is 0. The van der Waals surface area contributed by atoms with Crippen LogP contribution >= 0.6 is 0 Å². The summed E-state index contributed by atoms with van der Waals surface area (Å²) < 4.78 is 0. The molecule has 1 aliphatic heterocycles. The Bertz CT molecular complexity index is 340. The Morgan fingerprint density at radius 2 is 2.38 bits per heavy atom. The molecule has 0 fully saturated rings. The van der Waals surface area contributed by atoms with Crippen LogP contribution in [-0.2, 0) is 0 Å². The predicted molar refractivity (Wildman–Crippen MR) is 69.3 cm³/mol. The zero-order chi connectivity index (χ0) is 12.0. The van der Waals surface area contributed by atoms with Crippen LogP contribution in [0.4, 0.5) is 0 Å². The van der Waals surface area contributed by atoms with Gasteiger partial charge < -0.3 is 10.6 Å². The third kappa shape index (κ3) is 2.76. The van der Waals surface area contributed by atoms with Crippen molar-refractivity contribution in [3.8, 4) is 0 Å². The first kappa shape index (κ1) is 12.6. The topological polar surface area (TPSA) is 66.3 Å². The van der Waals surface area contributed by atoms with Gasteiger partial charge in [-0.3, -0.25) is 9.98 Å². The minimum absolute atomic E-state index is 0.322. The first-order chi connectivity index (χ1) is 7.74. The van der Waals surface area contributed by atoms with Gasteiger partial charge in [-0.1, -0.05) is 0 Å². The molecule has 0 aromatic heterocycles.